The van der Waals surface area contributed by atoms with E-state index in [2.05, 4.69) is 40.5 Å². The largest absolute Gasteiger partial charge is 0.493 e. The van der Waals surface area contributed by atoms with Gasteiger partial charge in [-0.1, -0.05) is 6.07 Å². The number of nitrogens with zero attached hydrogens (tertiary/aromatic N) is 3. The molecule has 0 atom stereocenters. The first kappa shape index (κ1) is 27.2. The highest BCUT2D eigenvalue weighted by atomic mass is 16.5. The summed E-state index contributed by atoms with van der Waals surface area (Å²) in [5.41, 5.74) is 3.76. The maximum atomic E-state index is 12.5. The number of amides is 2. The number of fused-ring (bicyclic) bond motifs is 1. The summed E-state index contributed by atoms with van der Waals surface area (Å²) in [6.45, 7) is 6.53. The van der Waals surface area contributed by atoms with Crippen LogP contribution in [-0.4, -0.2) is 75.7 Å². The van der Waals surface area contributed by atoms with Crippen molar-refractivity contribution in [1.29, 1.82) is 0 Å². The molecule has 0 spiro atoms. The van der Waals surface area contributed by atoms with E-state index in [1.807, 2.05) is 36.4 Å². The second kappa shape index (κ2) is 12.6. The molecular formula is C29H37N5O4. The van der Waals surface area contributed by atoms with Gasteiger partial charge in [0.2, 0.25) is 11.8 Å². The van der Waals surface area contributed by atoms with Crippen molar-refractivity contribution in [3.63, 3.8) is 0 Å². The molecule has 1 aliphatic heterocycles. The fraction of sp³-hybridized carbons (Fsp3) is 0.414. The summed E-state index contributed by atoms with van der Waals surface area (Å²) >= 11 is 0. The molecule has 1 aliphatic rings. The molecule has 0 saturated carbocycles. The van der Waals surface area contributed by atoms with Crippen LogP contribution in [0.2, 0.25) is 0 Å². The highest BCUT2D eigenvalue weighted by Crippen LogP contribution is 2.28. The molecule has 0 bridgehead atoms. The normalized spacial score (nSPS) is 13.8. The van der Waals surface area contributed by atoms with Crippen LogP contribution >= 0.6 is 0 Å². The number of anilines is 2. The number of rotatable bonds is 10. The Kier molecular flexibility index (Phi) is 9.02. The lowest BCUT2D eigenvalue weighted by Crippen LogP contribution is -2.44. The summed E-state index contributed by atoms with van der Waals surface area (Å²) in [6, 6.07) is 13.6. The van der Waals surface area contributed by atoms with E-state index in [4.69, 9.17) is 14.5 Å². The highest BCUT2D eigenvalue weighted by Gasteiger charge is 2.17. The highest BCUT2D eigenvalue weighted by molar-refractivity contribution is 5.96. The van der Waals surface area contributed by atoms with E-state index in [9.17, 15) is 9.59 Å². The Bertz CT molecular complexity index is 1290. The average molecular weight is 520 g/mol. The zero-order valence-corrected chi connectivity index (χ0v) is 22.7. The van der Waals surface area contributed by atoms with E-state index in [1.165, 1.54) is 0 Å². The van der Waals surface area contributed by atoms with Gasteiger partial charge in [-0.25, -0.2) is 4.98 Å². The Labute approximate surface area is 224 Å². The summed E-state index contributed by atoms with van der Waals surface area (Å²) in [4.78, 5) is 34.3. The topological polar surface area (TPSA) is 96.0 Å². The number of methoxy groups -OCH3 is 2. The molecule has 3 aromatic rings. The third-order valence-electron chi connectivity index (χ3n) is 6.88. The van der Waals surface area contributed by atoms with Crippen molar-refractivity contribution in [3.05, 3.63) is 53.6 Å². The van der Waals surface area contributed by atoms with E-state index in [0.717, 1.165) is 54.0 Å². The molecule has 202 valence electrons. The standard InChI is InChI=1S/C29H37N5O4/c1-20-17-27(34-15-13-33(2)14-16-34)32-24-7-6-22(19-23(20)24)31-29(36)10-9-28(35)30-12-11-21-5-8-25(37-3)26(18-21)38-4/h5-8,17-19H,9-16H2,1-4H3,(H,30,35)(H,31,36). The van der Waals surface area contributed by atoms with Crippen molar-refractivity contribution in [1.82, 2.24) is 15.2 Å². The maximum Gasteiger partial charge on any atom is 0.224 e. The number of piperazine rings is 1. The molecule has 2 amide bonds. The van der Waals surface area contributed by atoms with Gasteiger partial charge in [0.25, 0.3) is 0 Å². The number of hydrogen-bond donors (Lipinski definition) is 2. The number of pyridine rings is 1. The molecule has 9 nitrogen and oxygen atoms in total. The van der Waals surface area contributed by atoms with Crippen molar-refractivity contribution in [2.75, 3.05) is 64.2 Å². The lowest BCUT2D eigenvalue weighted by Gasteiger charge is -2.33. The summed E-state index contributed by atoms with van der Waals surface area (Å²) in [6.07, 6.45) is 0.888. The Morgan fingerprint density at radius 3 is 2.39 bits per heavy atom. The minimum atomic E-state index is -0.195. The Balaban J connectivity index is 1.25. The number of ether oxygens (including phenoxy) is 2. The first-order valence-corrected chi connectivity index (χ1v) is 13.0. The number of hydrogen-bond acceptors (Lipinski definition) is 7. The number of carbonyl (C=O) groups excluding carboxylic acids is 2. The van der Waals surface area contributed by atoms with Gasteiger partial charge in [-0.2, -0.15) is 0 Å². The van der Waals surface area contributed by atoms with Crippen molar-refractivity contribution < 1.29 is 19.1 Å². The molecule has 1 aromatic heterocycles. The zero-order valence-electron chi connectivity index (χ0n) is 22.7. The Morgan fingerprint density at radius 2 is 1.66 bits per heavy atom. The van der Waals surface area contributed by atoms with E-state index in [0.29, 0.717) is 30.2 Å². The van der Waals surface area contributed by atoms with E-state index in [1.54, 1.807) is 14.2 Å². The average Bonchev–Trinajstić information content (AvgIpc) is 2.92. The second-order valence-corrected chi connectivity index (χ2v) is 9.66. The summed E-state index contributed by atoms with van der Waals surface area (Å²) in [5, 5.41) is 6.80. The molecular weight excluding hydrogens is 482 g/mol. The lowest BCUT2D eigenvalue weighted by atomic mass is 10.1. The molecule has 0 aliphatic carbocycles. The van der Waals surface area contributed by atoms with Gasteiger partial charge in [0.1, 0.15) is 5.82 Å². The van der Waals surface area contributed by atoms with Crippen molar-refractivity contribution in [2.24, 2.45) is 0 Å². The lowest BCUT2D eigenvalue weighted by molar-refractivity contribution is -0.124. The molecule has 1 fully saturated rings. The number of carbonyl (C=O) groups is 2. The van der Waals surface area contributed by atoms with Crippen LogP contribution in [0.1, 0.15) is 24.0 Å². The third-order valence-corrected chi connectivity index (χ3v) is 6.88. The van der Waals surface area contributed by atoms with Crippen molar-refractivity contribution in [2.45, 2.75) is 26.2 Å². The van der Waals surface area contributed by atoms with Crippen LogP contribution in [0, 0.1) is 6.92 Å². The number of aromatic nitrogens is 1. The summed E-state index contributed by atoms with van der Waals surface area (Å²) in [7, 11) is 5.33. The van der Waals surface area contributed by atoms with Gasteiger partial charge in [0, 0.05) is 56.6 Å². The third kappa shape index (κ3) is 6.92. The number of likely N-dealkylation sites (N-methyl/N-ethyl adjacent to an activating group) is 1. The fourth-order valence-electron chi connectivity index (χ4n) is 4.57. The van der Waals surface area contributed by atoms with Crippen LogP contribution in [0.25, 0.3) is 10.9 Å². The van der Waals surface area contributed by atoms with Crippen LogP contribution in [-0.2, 0) is 16.0 Å². The fourth-order valence-corrected chi connectivity index (χ4v) is 4.57. The van der Waals surface area contributed by atoms with Crippen LogP contribution in [0.15, 0.2) is 42.5 Å². The van der Waals surface area contributed by atoms with Gasteiger partial charge in [0.15, 0.2) is 11.5 Å². The molecule has 0 radical (unpaired) electrons. The first-order chi connectivity index (χ1) is 18.4. The van der Waals surface area contributed by atoms with Gasteiger partial charge >= 0.3 is 0 Å². The van der Waals surface area contributed by atoms with Crippen LogP contribution in [0.3, 0.4) is 0 Å². The monoisotopic (exact) mass is 519 g/mol. The van der Waals surface area contributed by atoms with Gasteiger partial charge in [-0.05, 0) is 67.9 Å². The number of nitrogens with one attached hydrogen (secondary N) is 2. The first-order valence-electron chi connectivity index (χ1n) is 13.0. The predicted octanol–water partition coefficient (Wildman–Crippen LogP) is 3.39. The number of aryl methyl sites for hydroxylation is 1. The molecule has 38 heavy (non-hydrogen) atoms. The quantitative estimate of drug-likeness (QED) is 0.424. The van der Waals surface area contributed by atoms with E-state index < -0.39 is 0 Å². The molecule has 9 heteroatoms. The van der Waals surface area contributed by atoms with Gasteiger partial charge < -0.3 is 29.9 Å². The predicted molar refractivity (Wildman–Crippen MR) is 150 cm³/mol. The summed E-state index contributed by atoms with van der Waals surface area (Å²) in [5.74, 6) is 1.97. The van der Waals surface area contributed by atoms with Gasteiger partial charge in [-0.15, -0.1) is 0 Å². The van der Waals surface area contributed by atoms with Crippen LogP contribution in [0.5, 0.6) is 11.5 Å². The van der Waals surface area contributed by atoms with Crippen LogP contribution in [0.4, 0.5) is 11.5 Å². The van der Waals surface area contributed by atoms with E-state index in [-0.39, 0.29) is 24.7 Å². The second-order valence-electron chi connectivity index (χ2n) is 9.66. The minimum Gasteiger partial charge on any atom is -0.493 e. The molecule has 2 aromatic carbocycles. The van der Waals surface area contributed by atoms with Gasteiger partial charge in [0.05, 0.1) is 19.7 Å². The smallest absolute Gasteiger partial charge is 0.224 e. The Morgan fingerprint density at radius 1 is 0.921 bits per heavy atom. The van der Waals surface area contributed by atoms with Crippen molar-refractivity contribution in [3.8, 4) is 11.5 Å². The van der Waals surface area contributed by atoms with E-state index >= 15 is 0 Å². The molecule has 0 unspecified atom stereocenters. The maximum absolute atomic E-state index is 12.5. The van der Waals surface area contributed by atoms with Gasteiger partial charge in [-0.3, -0.25) is 9.59 Å². The summed E-state index contributed by atoms with van der Waals surface area (Å²) < 4.78 is 10.6. The minimum absolute atomic E-state index is 0.111. The molecule has 1 saturated heterocycles. The Hall–Kier alpha value is -3.85. The van der Waals surface area contributed by atoms with Crippen LogP contribution < -0.4 is 25.0 Å². The SMILES string of the molecule is COc1ccc(CCNC(=O)CCC(=O)Nc2ccc3nc(N4CCN(C)CC4)cc(C)c3c2)cc1OC. The molecule has 4 rings (SSSR count). The molecule has 2 heterocycles. The van der Waals surface area contributed by atoms with Crippen molar-refractivity contribution >= 4 is 34.2 Å². The molecule has 2 N–H and O–H groups in total. The zero-order chi connectivity index (χ0) is 27.1. The number of benzene rings is 2.